The number of aryl methyl sites for hydroxylation is 1. The first-order valence-electron chi connectivity index (χ1n) is 6.65. The molecule has 0 saturated heterocycles. The molecular formula is C15H17NO6. The molecule has 0 amide bonds. The number of carboxylic acids is 1. The van der Waals surface area contributed by atoms with Gasteiger partial charge in [-0.2, -0.15) is 0 Å². The number of carboxylic acid groups (broad SMARTS) is 1. The molecule has 0 spiro atoms. The van der Waals surface area contributed by atoms with E-state index < -0.39 is 36.0 Å². The Morgan fingerprint density at radius 1 is 1.27 bits per heavy atom. The second-order valence-electron chi connectivity index (χ2n) is 4.85. The van der Waals surface area contributed by atoms with Gasteiger partial charge in [-0.3, -0.25) is 24.2 Å². The molecule has 0 aliphatic heterocycles. The summed E-state index contributed by atoms with van der Waals surface area (Å²) >= 11 is 0. The third kappa shape index (κ3) is 5.43. The van der Waals surface area contributed by atoms with Gasteiger partial charge in [0.2, 0.25) is 0 Å². The van der Waals surface area contributed by atoms with Gasteiger partial charge in [0.05, 0.1) is 5.92 Å². The first-order chi connectivity index (χ1) is 10.3. The van der Waals surface area contributed by atoms with Crippen LogP contribution in [0.25, 0.3) is 0 Å². The van der Waals surface area contributed by atoms with Crippen molar-refractivity contribution in [2.75, 3.05) is 6.61 Å². The third-order valence-electron chi connectivity index (χ3n) is 2.93. The Morgan fingerprint density at radius 2 is 1.95 bits per heavy atom. The van der Waals surface area contributed by atoms with Crippen molar-refractivity contribution in [3.63, 3.8) is 0 Å². The van der Waals surface area contributed by atoms with Gasteiger partial charge >= 0.3 is 11.9 Å². The second-order valence-corrected chi connectivity index (χ2v) is 4.85. The van der Waals surface area contributed by atoms with Crippen LogP contribution < -0.4 is 0 Å². The number of carbonyl (C=O) groups excluding carboxylic acids is 3. The van der Waals surface area contributed by atoms with Crippen molar-refractivity contribution in [2.45, 2.75) is 26.7 Å². The summed E-state index contributed by atoms with van der Waals surface area (Å²) in [6.07, 6.45) is 2.40. The molecule has 1 unspecified atom stereocenters. The number of pyridine rings is 1. The number of carbonyl (C=O) groups is 4. The molecule has 7 heteroatoms. The molecule has 0 aliphatic carbocycles. The Balaban J connectivity index is 2.92. The number of hydrogen-bond acceptors (Lipinski definition) is 6. The van der Waals surface area contributed by atoms with Gasteiger partial charge in [-0.15, -0.1) is 0 Å². The van der Waals surface area contributed by atoms with E-state index in [0.29, 0.717) is 0 Å². The molecule has 1 heterocycles. The third-order valence-corrected chi connectivity index (χ3v) is 2.93. The highest BCUT2D eigenvalue weighted by molar-refractivity contribution is 6.11. The number of aromatic nitrogens is 1. The van der Waals surface area contributed by atoms with Gasteiger partial charge in [0.25, 0.3) is 0 Å². The zero-order valence-electron chi connectivity index (χ0n) is 12.4. The maximum atomic E-state index is 12.4. The van der Waals surface area contributed by atoms with Crippen LogP contribution in [0.5, 0.6) is 0 Å². The quantitative estimate of drug-likeness (QED) is 0.436. The number of ether oxygens (including phenoxy) is 1. The minimum Gasteiger partial charge on any atom is -0.481 e. The van der Waals surface area contributed by atoms with Crippen molar-refractivity contribution in [3.8, 4) is 0 Å². The van der Waals surface area contributed by atoms with E-state index in [1.807, 2.05) is 0 Å². The Bertz CT molecular complexity index is 595. The molecule has 0 aromatic carbocycles. The minimum atomic E-state index is -1.17. The lowest BCUT2D eigenvalue weighted by Crippen LogP contribution is -2.29. The summed E-state index contributed by atoms with van der Waals surface area (Å²) in [4.78, 5) is 49.8. The van der Waals surface area contributed by atoms with E-state index in [9.17, 15) is 19.2 Å². The Labute approximate surface area is 127 Å². The zero-order chi connectivity index (χ0) is 16.7. The fourth-order valence-corrected chi connectivity index (χ4v) is 1.87. The molecule has 0 saturated carbocycles. The lowest BCUT2D eigenvalue weighted by molar-refractivity contribution is -0.146. The van der Waals surface area contributed by atoms with Gasteiger partial charge in [0.1, 0.15) is 0 Å². The topological polar surface area (TPSA) is 111 Å². The van der Waals surface area contributed by atoms with Crippen molar-refractivity contribution in [2.24, 2.45) is 5.92 Å². The molecule has 1 aromatic rings. The molecule has 1 N–H and O–H groups in total. The summed E-state index contributed by atoms with van der Waals surface area (Å²) in [6.45, 7) is 2.34. The van der Waals surface area contributed by atoms with E-state index in [2.05, 4.69) is 9.72 Å². The van der Waals surface area contributed by atoms with E-state index in [0.717, 1.165) is 12.5 Å². The zero-order valence-corrected chi connectivity index (χ0v) is 12.4. The highest BCUT2D eigenvalue weighted by Crippen LogP contribution is 2.16. The number of ketones is 2. The van der Waals surface area contributed by atoms with Crippen LogP contribution in [-0.4, -0.2) is 40.2 Å². The van der Waals surface area contributed by atoms with Crippen molar-refractivity contribution >= 4 is 23.5 Å². The lowest BCUT2D eigenvalue weighted by Gasteiger charge is -2.14. The van der Waals surface area contributed by atoms with E-state index >= 15 is 0 Å². The molecule has 118 valence electrons. The molecular weight excluding hydrogens is 290 g/mol. The summed E-state index contributed by atoms with van der Waals surface area (Å²) in [6, 6.07) is 1.57. The Hall–Kier alpha value is -2.57. The Morgan fingerprint density at radius 3 is 2.50 bits per heavy atom. The summed E-state index contributed by atoms with van der Waals surface area (Å²) in [5.74, 6) is -4.06. The van der Waals surface area contributed by atoms with Gasteiger partial charge in [0, 0.05) is 31.3 Å². The fraction of sp³-hybridized carbons (Fsp3) is 0.400. The number of Topliss-reactive ketones (excluding diaryl/α,β-unsaturated/α-hetero) is 2. The van der Waals surface area contributed by atoms with E-state index in [1.165, 1.54) is 6.20 Å². The highest BCUT2D eigenvalue weighted by atomic mass is 16.5. The molecule has 0 aliphatic rings. The van der Waals surface area contributed by atoms with Gasteiger partial charge in [-0.25, -0.2) is 0 Å². The number of esters is 1. The molecule has 0 fully saturated rings. The average molecular weight is 307 g/mol. The van der Waals surface area contributed by atoms with Crippen LogP contribution in [0.3, 0.4) is 0 Å². The van der Waals surface area contributed by atoms with Gasteiger partial charge < -0.3 is 9.84 Å². The van der Waals surface area contributed by atoms with Crippen LogP contribution in [0.1, 0.15) is 35.7 Å². The van der Waals surface area contributed by atoms with Crippen LogP contribution in [0.4, 0.5) is 0 Å². The number of hydrogen-bond donors (Lipinski definition) is 1. The Kier molecular flexibility index (Phi) is 6.37. The molecule has 1 atom stereocenters. The fourth-order valence-electron chi connectivity index (χ4n) is 1.87. The van der Waals surface area contributed by atoms with E-state index in [4.69, 9.17) is 5.11 Å². The molecule has 7 nitrogen and oxygen atoms in total. The maximum Gasteiger partial charge on any atom is 0.303 e. The van der Waals surface area contributed by atoms with Gasteiger partial charge in [-0.05, 0) is 25.0 Å². The average Bonchev–Trinajstić information content (AvgIpc) is 2.44. The number of nitrogens with zero attached hydrogens (tertiary/aromatic N) is 1. The van der Waals surface area contributed by atoms with Crippen LogP contribution in [-0.2, 0) is 19.1 Å². The molecule has 22 heavy (non-hydrogen) atoms. The van der Waals surface area contributed by atoms with Crippen LogP contribution in [0.2, 0.25) is 0 Å². The standard InChI is InChI=1S/C15H17NO6/c1-9-5-11(7-16-6-9)15(21)12(3-4-14(19)20)13(18)8-22-10(2)17/h5-7,12H,3-4,8H2,1-2H3,(H,19,20). The molecule has 1 rings (SSSR count). The first kappa shape index (κ1) is 17.5. The largest absolute Gasteiger partial charge is 0.481 e. The number of rotatable bonds is 8. The highest BCUT2D eigenvalue weighted by Gasteiger charge is 2.28. The first-order valence-corrected chi connectivity index (χ1v) is 6.65. The summed E-state index contributed by atoms with van der Waals surface area (Å²) < 4.78 is 4.60. The van der Waals surface area contributed by atoms with Crippen LogP contribution in [0, 0.1) is 12.8 Å². The molecule has 1 aromatic heterocycles. The lowest BCUT2D eigenvalue weighted by atomic mass is 9.90. The van der Waals surface area contributed by atoms with Crippen molar-refractivity contribution in [1.29, 1.82) is 0 Å². The molecule has 0 bridgehead atoms. The van der Waals surface area contributed by atoms with Crippen molar-refractivity contribution in [3.05, 3.63) is 29.6 Å². The monoisotopic (exact) mass is 307 g/mol. The normalized spacial score (nSPS) is 11.5. The van der Waals surface area contributed by atoms with Crippen LogP contribution >= 0.6 is 0 Å². The number of aliphatic carboxylic acids is 1. The maximum absolute atomic E-state index is 12.4. The van der Waals surface area contributed by atoms with Gasteiger partial charge in [0.15, 0.2) is 18.2 Å². The minimum absolute atomic E-state index is 0.151. The van der Waals surface area contributed by atoms with E-state index in [-0.39, 0.29) is 18.4 Å². The smallest absolute Gasteiger partial charge is 0.303 e. The second kappa shape index (κ2) is 8.02. The summed E-state index contributed by atoms with van der Waals surface area (Å²) in [5, 5.41) is 8.74. The van der Waals surface area contributed by atoms with Crippen molar-refractivity contribution in [1.82, 2.24) is 4.98 Å². The van der Waals surface area contributed by atoms with E-state index in [1.54, 1.807) is 19.2 Å². The molecule has 0 radical (unpaired) electrons. The SMILES string of the molecule is CC(=O)OCC(=O)C(CCC(=O)O)C(=O)c1cncc(C)c1. The predicted molar refractivity (Wildman–Crippen MR) is 75.3 cm³/mol. The summed E-state index contributed by atoms with van der Waals surface area (Å²) in [7, 11) is 0. The predicted octanol–water partition coefficient (Wildman–Crippen LogP) is 1.19. The van der Waals surface area contributed by atoms with Gasteiger partial charge in [-0.1, -0.05) is 0 Å². The summed E-state index contributed by atoms with van der Waals surface area (Å²) in [5.41, 5.74) is 0.974. The van der Waals surface area contributed by atoms with Crippen molar-refractivity contribution < 1.29 is 29.0 Å². The van der Waals surface area contributed by atoms with Crippen LogP contribution in [0.15, 0.2) is 18.5 Å².